The average Bonchev–Trinajstić information content (AvgIpc) is 2.72. The molecule has 8 nitrogen and oxygen atoms in total. The molecule has 1 rings (SSSR count). The van der Waals surface area contributed by atoms with E-state index in [-0.39, 0.29) is 32.5 Å². The van der Waals surface area contributed by atoms with Crippen molar-refractivity contribution in [1.82, 2.24) is 10.6 Å². The molecule has 9 heteroatoms. The summed E-state index contributed by atoms with van der Waals surface area (Å²) in [4.78, 5) is 49.6. The Bertz CT molecular complexity index is 804. The molecule has 0 aliphatic heterocycles. The molecular formula is C22H31ClN2O6. The van der Waals surface area contributed by atoms with Gasteiger partial charge in [-0.2, -0.15) is 0 Å². The van der Waals surface area contributed by atoms with Crippen LogP contribution in [0.3, 0.4) is 0 Å². The van der Waals surface area contributed by atoms with Crippen molar-refractivity contribution in [3.05, 3.63) is 34.9 Å². The van der Waals surface area contributed by atoms with Crippen LogP contribution < -0.4 is 10.6 Å². The minimum absolute atomic E-state index is 0.0280. The van der Waals surface area contributed by atoms with Crippen molar-refractivity contribution < 1.29 is 30.1 Å². The molecule has 0 aromatic heterocycles. The Morgan fingerprint density at radius 3 is 2.32 bits per heavy atom. The van der Waals surface area contributed by atoms with Crippen molar-refractivity contribution in [2.75, 3.05) is 13.2 Å². The van der Waals surface area contributed by atoms with Crippen LogP contribution in [0, 0.1) is 5.92 Å². The molecule has 2 atom stereocenters. The number of rotatable bonds is 12. The van der Waals surface area contributed by atoms with Gasteiger partial charge in [-0.15, -0.1) is 0 Å². The summed E-state index contributed by atoms with van der Waals surface area (Å²) in [7, 11) is 0. The van der Waals surface area contributed by atoms with Crippen LogP contribution in [0.4, 0.5) is 0 Å². The molecule has 0 aliphatic carbocycles. The number of carbonyl (C=O) groups is 4. The van der Waals surface area contributed by atoms with Crippen LogP contribution in [-0.4, -0.2) is 49.1 Å². The van der Waals surface area contributed by atoms with Gasteiger partial charge in [0.1, 0.15) is 12.1 Å². The fourth-order valence-electron chi connectivity index (χ4n) is 2.76. The van der Waals surface area contributed by atoms with Gasteiger partial charge in [-0.05, 0) is 37.8 Å². The molecule has 31 heavy (non-hydrogen) atoms. The molecule has 0 radical (unpaired) electrons. The summed E-state index contributed by atoms with van der Waals surface area (Å²) >= 11 is 6.09. The van der Waals surface area contributed by atoms with Crippen LogP contribution in [0.1, 0.15) is 46.1 Å². The lowest BCUT2D eigenvalue weighted by atomic mass is 10.0. The second-order valence-electron chi connectivity index (χ2n) is 7.14. The third-order valence-corrected chi connectivity index (χ3v) is 4.68. The summed E-state index contributed by atoms with van der Waals surface area (Å²) in [5.41, 5.74) is 0.540. The lowest BCUT2D eigenvalue weighted by Crippen LogP contribution is -2.54. The summed E-state index contributed by atoms with van der Waals surface area (Å²) in [6.45, 7) is 6.96. The number of halogens is 1. The summed E-state index contributed by atoms with van der Waals surface area (Å²) in [5.74, 6) is -2.94. The van der Waals surface area contributed by atoms with Gasteiger partial charge in [-0.1, -0.05) is 43.6 Å². The Kier molecular flexibility index (Phi) is 10.9. The number of benzene rings is 1. The van der Waals surface area contributed by atoms with Gasteiger partial charge in [0.25, 0.3) is 0 Å². The van der Waals surface area contributed by atoms with E-state index >= 15 is 0 Å². The van der Waals surface area contributed by atoms with E-state index in [2.05, 4.69) is 5.32 Å². The molecule has 0 saturated carbocycles. The molecule has 0 unspecified atom stereocenters. The predicted octanol–water partition coefficient (Wildman–Crippen LogP) is 2.41. The monoisotopic (exact) mass is 455 g/mol. The fraction of sp³-hybridized carbons (Fsp3) is 0.545. The molecule has 172 valence electrons. The topological polar surface area (TPSA) is 111 Å². The Labute approximate surface area is 189 Å². The molecule has 0 fully saturated rings. The van der Waals surface area contributed by atoms with Crippen LogP contribution in [0.15, 0.2) is 24.3 Å². The highest BCUT2D eigenvalue weighted by Crippen LogP contribution is 2.15. The van der Waals surface area contributed by atoms with E-state index < -0.39 is 41.8 Å². The van der Waals surface area contributed by atoms with E-state index in [0.29, 0.717) is 15.9 Å². The van der Waals surface area contributed by atoms with Gasteiger partial charge in [-0.3, -0.25) is 14.4 Å². The van der Waals surface area contributed by atoms with E-state index in [0.717, 1.165) is 0 Å². The van der Waals surface area contributed by atoms with Crippen molar-refractivity contribution in [3.63, 3.8) is 0 Å². The molecular weight excluding hydrogens is 424 g/mol. The molecule has 2 amide bonds. The van der Waals surface area contributed by atoms with Gasteiger partial charge in [0.2, 0.25) is 11.8 Å². The standard InChI is InChI=1S/C22H31ClN2O6/c1-5-30-19(27)12-11-17(22(29)31-6-2)24-21(28)20(14(3)4)25-18(26)13-15-9-7-8-10-16(15)23/h7-10,14,17,20H,5-6,11-13H2,1-4H3,(H,24,28)(H,25,26)/t17-,20-/m0/s1/i/hD. The summed E-state index contributed by atoms with van der Waals surface area (Å²) in [6, 6.07) is 4.49. The Morgan fingerprint density at radius 1 is 1.10 bits per heavy atom. The maximum atomic E-state index is 13.0. The smallest absolute Gasteiger partial charge is 0.328 e. The van der Waals surface area contributed by atoms with Crippen molar-refractivity contribution in [3.8, 4) is 0 Å². The third kappa shape index (κ3) is 9.38. The van der Waals surface area contributed by atoms with Gasteiger partial charge in [0.05, 0.1) is 19.6 Å². The Hall–Kier alpha value is -2.61. The lowest BCUT2D eigenvalue weighted by Gasteiger charge is -2.25. The zero-order valence-corrected chi connectivity index (χ0v) is 19.1. The molecule has 0 bridgehead atoms. The molecule has 1 aromatic rings. The fourth-order valence-corrected chi connectivity index (χ4v) is 2.96. The van der Waals surface area contributed by atoms with Crippen LogP contribution in [0.5, 0.6) is 0 Å². The normalized spacial score (nSPS) is 13.0. The summed E-state index contributed by atoms with van der Waals surface area (Å²) in [5, 5.41) is 3.53. The maximum Gasteiger partial charge on any atom is 0.328 e. The first-order valence-electron chi connectivity index (χ1n) is 10.7. The minimum atomic E-state index is -1.16. The number of nitrogens with one attached hydrogen (secondary N) is 2. The zero-order valence-electron chi connectivity index (χ0n) is 19.4. The molecule has 1 aromatic carbocycles. The van der Waals surface area contributed by atoms with Crippen LogP contribution in [0.2, 0.25) is 6.43 Å². The molecule has 0 spiro atoms. The van der Waals surface area contributed by atoms with Crippen LogP contribution in [0.25, 0.3) is 0 Å². The van der Waals surface area contributed by atoms with Gasteiger partial charge in [0, 0.05) is 11.4 Å². The van der Waals surface area contributed by atoms with E-state index in [1.807, 2.05) is 0 Å². The number of esters is 2. The Balaban J connectivity index is 2.94. The third-order valence-electron chi connectivity index (χ3n) is 4.31. The highest BCUT2D eigenvalue weighted by Gasteiger charge is 2.30. The Morgan fingerprint density at radius 2 is 1.74 bits per heavy atom. The lowest BCUT2D eigenvalue weighted by molar-refractivity contribution is -0.149. The zero-order chi connectivity index (χ0) is 24.3. The highest BCUT2D eigenvalue weighted by atomic mass is 35.5. The van der Waals surface area contributed by atoms with E-state index in [1.165, 1.54) is 0 Å². The number of ether oxygens (including phenoxy) is 2. The molecule has 0 saturated heterocycles. The number of hydrogen-bond donors (Lipinski definition) is 2. The average molecular weight is 456 g/mol. The largest absolute Gasteiger partial charge is 0.466 e. The van der Waals surface area contributed by atoms with Gasteiger partial charge in [0.15, 0.2) is 1.41 Å². The maximum absolute atomic E-state index is 13.0. The van der Waals surface area contributed by atoms with Crippen molar-refractivity contribution in [1.29, 1.82) is 0 Å². The molecule has 2 N–H and O–H groups in total. The first-order chi connectivity index (χ1) is 15.1. The van der Waals surface area contributed by atoms with Gasteiger partial charge < -0.3 is 20.1 Å². The van der Waals surface area contributed by atoms with Crippen molar-refractivity contribution in [2.45, 2.75) is 59.0 Å². The molecule has 0 aliphatic rings. The molecule has 0 heterocycles. The second kappa shape index (κ2) is 13.6. The highest BCUT2D eigenvalue weighted by molar-refractivity contribution is 6.31. The number of carbonyl (C=O) groups excluding carboxylic acids is 4. The number of amides is 2. The quantitative estimate of drug-likeness (QED) is 0.468. The summed E-state index contributed by atoms with van der Waals surface area (Å²) in [6.07, 6.45) is -0.274. The number of hydrogen-bond acceptors (Lipinski definition) is 6. The van der Waals surface area contributed by atoms with Gasteiger partial charge >= 0.3 is 11.9 Å². The van der Waals surface area contributed by atoms with Crippen molar-refractivity contribution in [2.24, 2.45) is 5.92 Å². The van der Waals surface area contributed by atoms with Crippen LogP contribution >= 0.6 is 11.6 Å². The minimum Gasteiger partial charge on any atom is -0.466 e. The van der Waals surface area contributed by atoms with E-state index in [9.17, 15) is 19.2 Å². The van der Waals surface area contributed by atoms with Crippen molar-refractivity contribution >= 4 is 35.4 Å². The first-order valence-corrected chi connectivity index (χ1v) is 10.7. The summed E-state index contributed by atoms with van der Waals surface area (Å²) < 4.78 is 18.1. The van der Waals surface area contributed by atoms with Crippen LogP contribution in [-0.2, 0) is 35.1 Å². The first kappa shape index (κ1) is 24.7. The van der Waals surface area contributed by atoms with E-state index in [1.54, 1.807) is 52.0 Å². The second-order valence-corrected chi connectivity index (χ2v) is 7.54. The predicted molar refractivity (Wildman–Crippen MR) is 116 cm³/mol. The van der Waals surface area contributed by atoms with Gasteiger partial charge in [-0.25, -0.2) is 4.79 Å². The van der Waals surface area contributed by atoms with E-state index in [4.69, 9.17) is 22.5 Å². The SMILES string of the molecule is [2H]N(C(=O)Cc1ccccc1Cl)[C@H](C(=O)N[C@@H](CCC(=O)OCC)C(=O)OCC)C(C)C.